The van der Waals surface area contributed by atoms with Crippen molar-refractivity contribution in [2.45, 2.75) is 30.7 Å². The van der Waals surface area contributed by atoms with Gasteiger partial charge in [-0.25, -0.2) is 14.9 Å². The molecule has 0 spiro atoms. The van der Waals surface area contributed by atoms with Gasteiger partial charge in [0, 0.05) is 18.3 Å². The quantitative estimate of drug-likeness (QED) is 0.614. The van der Waals surface area contributed by atoms with Crippen molar-refractivity contribution in [2.24, 2.45) is 0 Å². The smallest absolute Gasteiger partial charge is 0.247 e. The summed E-state index contributed by atoms with van der Waals surface area (Å²) < 4.78 is 5.38. The monoisotopic (exact) mass is 343 g/mol. The zero-order valence-electron chi connectivity index (χ0n) is 13.4. The van der Waals surface area contributed by atoms with Crippen LogP contribution in [0, 0.1) is 6.92 Å². The van der Waals surface area contributed by atoms with E-state index in [-0.39, 0.29) is 18.2 Å². The average Bonchev–Trinajstić information content (AvgIpc) is 2.83. The van der Waals surface area contributed by atoms with Crippen molar-refractivity contribution in [1.82, 2.24) is 9.97 Å². The van der Waals surface area contributed by atoms with Gasteiger partial charge in [0.25, 0.3) is 0 Å². The molecular weight excluding hydrogens is 326 g/mol. The van der Waals surface area contributed by atoms with Crippen molar-refractivity contribution in [1.29, 1.82) is 0 Å². The molecule has 0 bridgehead atoms. The molecule has 1 fully saturated rings. The molecule has 0 saturated carbocycles. The number of hydrogen-bond acceptors (Lipinski definition) is 6. The number of imide groups is 1. The molecule has 1 aromatic heterocycles. The van der Waals surface area contributed by atoms with E-state index < -0.39 is 5.25 Å². The van der Waals surface area contributed by atoms with Gasteiger partial charge in [-0.2, -0.15) is 0 Å². The fourth-order valence-electron chi connectivity index (χ4n) is 2.44. The molecule has 2 aromatic rings. The Morgan fingerprint density at radius 1 is 1.25 bits per heavy atom. The van der Waals surface area contributed by atoms with Crippen LogP contribution in [0.5, 0.6) is 5.75 Å². The molecule has 0 N–H and O–H groups in total. The highest BCUT2D eigenvalue weighted by Crippen LogP contribution is 2.33. The zero-order chi connectivity index (χ0) is 17.1. The van der Waals surface area contributed by atoms with E-state index in [0.29, 0.717) is 23.2 Å². The molecule has 7 heteroatoms. The topological polar surface area (TPSA) is 72.4 Å². The third kappa shape index (κ3) is 3.41. The molecule has 124 valence electrons. The van der Waals surface area contributed by atoms with E-state index in [0.717, 1.165) is 5.69 Å². The highest BCUT2D eigenvalue weighted by Gasteiger charge is 2.40. The summed E-state index contributed by atoms with van der Waals surface area (Å²) in [5.41, 5.74) is 1.38. The van der Waals surface area contributed by atoms with E-state index in [9.17, 15) is 9.59 Å². The van der Waals surface area contributed by atoms with Crippen LogP contribution >= 0.6 is 11.8 Å². The second kappa shape index (κ2) is 7.00. The number of aromatic nitrogens is 2. The Hall–Kier alpha value is -2.41. The number of ether oxygens (including phenoxy) is 1. The fraction of sp³-hybridized carbons (Fsp3) is 0.294. The van der Waals surface area contributed by atoms with Crippen molar-refractivity contribution >= 4 is 29.3 Å². The molecule has 0 aliphatic carbocycles. The van der Waals surface area contributed by atoms with Crippen LogP contribution in [-0.2, 0) is 9.59 Å². The molecule has 2 heterocycles. The fourth-order valence-corrected chi connectivity index (χ4v) is 3.44. The van der Waals surface area contributed by atoms with Crippen LogP contribution in [0.1, 0.15) is 19.0 Å². The second-order valence-electron chi connectivity index (χ2n) is 5.29. The van der Waals surface area contributed by atoms with Crippen LogP contribution in [0.15, 0.2) is 41.7 Å². The maximum atomic E-state index is 12.6. The number of carbonyl (C=O) groups is 2. The van der Waals surface area contributed by atoms with Gasteiger partial charge in [-0.15, -0.1) is 0 Å². The van der Waals surface area contributed by atoms with Gasteiger partial charge in [-0.3, -0.25) is 9.59 Å². The van der Waals surface area contributed by atoms with E-state index >= 15 is 0 Å². The molecule has 1 atom stereocenters. The van der Waals surface area contributed by atoms with Gasteiger partial charge < -0.3 is 4.74 Å². The van der Waals surface area contributed by atoms with Gasteiger partial charge in [-0.1, -0.05) is 11.8 Å². The summed E-state index contributed by atoms with van der Waals surface area (Å²) in [7, 11) is 0. The molecular formula is C17H17N3O3S. The van der Waals surface area contributed by atoms with Gasteiger partial charge in [0.1, 0.15) is 11.0 Å². The van der Waals surface area contributed by atoms with Crippen LogP contribution in [0.2, 0.25) is 0 Å². The van der Waals surface area contributed by atoms with Gasteiger partial charge in [0.2, 0.25) is 11.8 Å². The first-order valence-corrected chi connectivity index (χ1v) is 8.52. The summed E-state index contributed by atoms with van der Waals surface area (Å²) in [6.07, 6.45) is 1.80. The number of anilines is 1. The summed E-state index contributed by atoms with van der Waals surface area (Å²) in [4.78, 5) is 34.5. The number of thioether (sulfide) groups is 1. The van der Waals surface area contributed by atoms with Crippen LogP contribution in [0.4, 0.5) is 5.69 Å². The van der Waals surface area contributed by atoms with E-state index in [1.54, 1.807) is 36.5 Å². The third-order valence-electron chi connectivity index (χ3n) is 3.53. The average molecular weight is 343 g/mol. The molecule has 24 heavy (non-hydrogen) atoms. The Bertz CT molecular complexity index is 764. The maximum Gasteiger partial charge on any atom is 0.247 e. The van der Waals surface area contributed by atoms with Gasteiger partial charge in [-0.05, 0) is 44.2 Å². The van der Waals surface area contributed by atoms with Crippen molar-refractivity contribution in [3.05, 3.63) is 42.2 Å². The first-order valence-electron chi connectivity index (χ1n) is 7.64. The summed E-state index contributed by atoms with van der Waals surface area (Å²) in [6.45, 7) is 4.33. The second-order valence-corrected chi connectivity index (χ2v) is 6.46. The standard InChI is InChI=1S/C17H17N3O3S/c1-3-23-13-6-4-12(5-7-13)20-15(21)10-14(16(20)22)24-17-18-9-8-11(2)19-17/h4-9,14H,3,10H2,1-2H3/t14-/m0/s1. The number of aryl methyl sites for hydroxylation is 1. The minimum absolute atomic E-state index is 0.147. The highest BCUT2D eigenvalue weighted by atomic mass is 32.2. The Morgan fingerprint density at radius 3 is 2.67 bits per heavy atom. The first kappa shape index (κ1) is 16.4. The van der Waals surface area contributed by atoms with Crippen molar-refractivity contribution in [2.75, 3.05) is 11.5 Å². The minimum Gasteiger partial charge on any atom is -0.494 e. The Balaban J connectivity index is 1.76. The van der Waals surface area contributed by atoms with Crippen LogP contribution in [-0.4, -0.2) is 33.6 Å². The third-order valence-corrected chi connectivity index (χ3v) is 4.59. The number of benzene rings is 1. The largest absolute Gasteiger partial charge is 0.494 e. The normalized spacial score (nSPS) is 17.4. The van der Waals surface area contributed by atoms with E-state index in [1.807, 2.05) is 13.8 Å². The van der Waals surface area contributed by atoms with E-state index in [2.05, 4.69) is 9.97 Å². The van der Waals surface area contributed by atoms with Gasteiger partial charge >= 0.3 is 0 Å². The Morgan fingerprint density at radius 2 is 2.00 bits per heavy atom. The highest BCUT2D eigenvalue weighted by molar-refractivity contribution is 8.00. The van der Waals surface area contributed by atoms with Gasteiger partial charge in [0.15, 0.2) is 5.16 Å². The summed E-state index contributed by atoms with van der Waals surface area (Å²) in [5.74, 6) is 0.257. The van der Waals surface area contributed by atoms with Crippen molar-refractivity contribution in [3.63, 3.8) is 0 Å². The summed E-state index contributed by atoms with van der Waals surface area (Å²) in [6, 6.07) is 8.74. The predicted octanol–water partition coefficient (Wildman–Crippen LogP) is 2.61. The lowest BCUT2D eigenvalue weighted by Gasteiger charge is -2.15. The predicted molar refractivity (Wildman–Crippen MR) is 91.1 cm³/mol. The van der Waals surface area contributed by atoms with Crippen molar-refractivity contribution < 1.29 is 14.3 Å². The van der Waals surface area contributed by atoms with Crippen LogP contribution in [0.25, 0.3) is 0 Å². The molecule has 1 aromatic carbocycles. The number of carbonyl (C=O) groups excluding carboxylic acids is 2. The number of rotatable bonds is 5. The Kier molecular flexibility index (Phi) is 4.80. The zero-order valence-corrected chi connectivity index (χ0v) is 14.2. The number of hydrogen-bond donors (Lipinski definition) is 0. The maximum absolute atomic E-state index is 12.6. The lowest BCUT2D eigenvalue weighted by molar-refractivity contribution is -0.121. The summed E-state index contributed by atoms with van der Waals surface area (Å²) in [5, 5.41) is 0.0144. The summed E-state index contributed by atoms with van der Waals surface area (Å²) >= 11 is 1.23. The molecule has 1 saturated heterocycles. The first-order chi connectivity index (χ1) is 11.6. The van der Waals surface area contributed by atoms with Crippen LogP contribution in [0.3, 0.4) is 0 Å². The minimum atomic E-state index is -0.495. The van der Waals surface area contributed by atoms with E-state index in [1.165, 1.54) is 16.7 Å². The van der Waals surface area contributed by atoms with Crippen LogP contribution < -0.4 is 9.64 Å². The Labute approximate surface area is 144 Å². The number of nitrogens with zero attached hydrogens (tertiary/aromatic N) is 3. The molecule has 3 rings (SSSR count). The lowest BCUT2D eigenvalue weighted by atomic mass is 10.3. The SMILES string of the molecule is CCOc1ccc(N2C(=O)C[C@H](Sc3nccc(C)n3)C2=O)cc1. The molecule has 1 aliphatic rings. The van der Waals surface area contributed by atoms with Crippen molar-refractivity contribution in [3.8, 4) is 5.75 Å². The lowest BCUT2D eigenvalue weighted by Crippen LogP contribution is -2.31. The molecule has 1 aliphatic heterocycles. The molecule has 0 unspecified atom stereocenters. The van der Waals surface area contributed by atoms with E-state index in [4.69, 9.17) is 4.74 Å². The molecule has 6 nitrogen and oxygen atoms in total. The molecule has 0 radical (unpaired) electrons. The van der Waals surface area contributed by atoms with Gasteiger partial charge in [0.05, 0.1) is 12.3 Å². The molecule has 2 amide bonds. The number of amides is 2.